The molecule has 4 rings (SSSR count). The number of halogens is 1. The molecule has 0 bridgehead atoms. The number of nitrogens with zero attached hydrogens (tertiary/aromatic N) is 2. The number of ether oxygens (including phenoxy) is 1. The van der Waals surface area contributed by atoms with E-state index in [9.17, 15) is 14.0 Å². The first-order valence-electron chi connectivity index (χ1n) is 9.38. The van der Waals surface area contributed by atoms with E-state index in [4.69, 9.17) is 4.74 Å². The number of carbonyl (C=O) groups excluding carboxylic acids is 2. The van der Waals surface area contributed by atoms with Crippen LogP contribution in [0.15, 0.2) is 60.3 Å². The Balaban J connectivity index is 1.62. The van der Waals surface area contributed by atoms with Crippen molar-refractivity contribution in [3.05, 3.63) is 77.2 Å². The molecule has 0 spiro atoms. The van der Waals surface area contributed by atoms with E-state index >= 15 is 0 Å². The molecule has 0 N–H and O–H groups in total. The van der Waals surface area contributed by atoms with Gasteiger partial charge in [-0.25, -0.2) is 4.39 Å². The van der Waals surface area contributed by atoms with Crippen molar-refractivity contribution >= 4 is 17.4 Å². The molecular formula is C22H21FN2O3. The lowest BCUT2D eigenvalue weighted by atomic mass is 10.0. The third-order valence-corrected chi connectivity index (χ3v) is 5.07. The molecule has 2 aliphatic rings. The van der Waals surface area contributed by atoms with E-state index in [1.165, 1.54) is 17.0 Å². The Hall–Kier alpha value is -2.99. The second-order valence-electron chi connectivity index (χ2n) is 6.83. The van der Waals surface area contributed by atoms with Crippen LogP contribution in [0, 0.1) is 5.82 Å². The van der Waals surface area contributed by atoms with Gasteiger partial charge in [-0.3, -0.25) is 14.5 Å². The van der Waals surface area contributed by atoms with Crippen molar-refractivity contribution in [2.24, 2.45) is 0 Å². The zero-order valence-electron chi connectivity index (χ0n) is 15.4. The molecule has 5 nitrogen and oxygen atoms in total. The summed E-state index contributed by atoms with van der Waals surface area (Å²) < 4.78 is 18.5. The highest BCUT2D eigenvalue weighted by molar-refractivity contribution is 6.35. The minimum absolute atomic E-state index is 0.257. The van der Waals surface area contributed by atoms with Crippen LogP contribution in [0.4, 0.5) is 4.39 Å². The van der Waals surface area contributed by atoms with Crippen LogP contribution < -0.4 is 0 Å². The summed E-state index contributed by atoms with van der Waals surface area (Å²) >= 11 is 0. The van der Waals surface area contributed by atoms with E-state index in [0.717, 1.165) is 11.1 Å². The molecule has 0 radical (unpaired) electrons. The fraction of sp³-hybridized carbons (Fsp3) is 0.273. The summed E-state index contributed by atoms with van der Waals surface area (Å²) in [6, 6.07) is 15.4. The average Bonchev–Trinajstić information content (AvgIpc) is 2.99. The molecule has 0 saturated carbocycles. The molecular weight excluding hydrogens is 359 g/mol. The van der Waals surface area contributed by atoms with Gasteiger partial charge in [0.1, 0.15) is 11.5 Å². The van der Waals surface area contributed by atoms with Gasteiger partial charge in [-0.15, -0.1) is 0 Å². The van der Waals surface area contributed by atoms with E-state index < -0.39 is 0 Å². The number of amides is 2. The predicted molar refractivity (Wildman–Crippen MR) is 103 cm³/mol. The molecule has 2 amide bonds. The Morgan fingerprint density at radius 3 is 2.25 bits per heavy atom. The summed E-state index contributed by atoms with van der Waals surface area (Å²) in [5, 5.41) is 0. The lowest BCUT2D eigenvalue weighted by molar-refractivity contribution is -0.137. The largest absolute Gasteiger partial charge is 0.378 e. The average molecular weight is 380 g/mol. The molecule has 1 fully saturated rings. The van der Waals surface area contributed by atoms with E-state index in [-0.39, 0.29) is 24.2 Å². The molecule has 2 aromatic rings. The summed E-state index contributed by atoms with van der Waals surface area (Å²) in [4.78, 5) is 29.6. The lowest BCUT2D eigenvalue weighted by Gasteiger charge is -2.29. The van der Waals surface area contributed by atoms with Crippen LogP contribution in [0.5, 0.6) is 0 Å². The highest BCUT2D eigenvalue weighted by atomic mass is 19.1. The Labute approximate surface area is 163 Å². The normalized spacial score (nSPS) is 17.6. The maximum atomic E-state index is 13.2. The maximum absolute atomic E-state index is 13.2. The van der Waals surface area contributed by atoms with Crippen LogP contribution in [0.3, 0.4) is 0 Å². The van der Waals surface area contributed by atoms with Gasteiger partial charge in [-0.2, -0.15) is 0 Å². The van der Waals surface area contributed by atoms with Crippen LogP contribution >= 0.6 is 0 Å². The highest BCUT2D eigenvalue weighted by Crippen LogP contribution is 2.32. The summed E-state index contributed by atoms with van der Waals surface area (Å²) in [6.07, 6.45) is 0.482. The van der Waals surface area contributed by atoms with Crippen molar-refractivity contribution in [2.45, 2.75) is 6.42 Å². The molecule has 0 unspecified atom stereocenters. The number of hydrogen-bond donors (Lipinski definition) is 0. The second kappa shape index (κ2) is 7.94. The number of imide groups is 1. The fourth-order valence-electron chi connectivity index (χ4n) is 3.60. The van der Waals surface area contributed by atoms with Gasteiger partial charge in [0.05, 0.1) is 18.8 Å². The van der Waals surface area contributed by atoms with E-state index in [0.29, 0.717) is 44.0 Å². The van der Waals surface area contributed by atoms with Crippen LogP contribution in [-0.4, -0.2) is 54.5 Å². The van der Waals surface area contributed by atoms with Crippen LogP contribution in [-0.2, 0) is 20.7 Å². The number of morpholine rings is 1. The van der Waals surface area contributed by atoms with Gasteiger partial charge in [0.15, 0.2) is 0 Å². The summed E-state index contributed by atoms with van der Waals surface area (Å²) in [7, 11) is 0. The Bertz CT molecular complexity index is 903. The maximum Gasteiger partial charge on any atom is 0.277 e. The smallest absolute Gasteiger partial charge is 0.277 e. The first-order valence-corrected chi connectivity index (χ1v) is 9.38. The van der Waals surface area contributed by atoms with Gasteiger partial charge in [0.2, 0.25) is 0 Å². The van der Waals surface area contributed by atoms with Gasteiger partial charge in [0.25, 0.3) is 11.8 Å². The first-order chi connectivity index (χ1) is 13.6. The zero-order chi connectivity index (χ0) is 19.5. The van der Waals surface area contributed by atoms with E-state index in [1.807, 2.05) is 35.2 Å². The van der Waals surface area contributed by atoms with Crippen molar-refractivity contribution in [1.82, 2.24) is 9.80 Å². The Morgan fingerprint density at radius 2 is 1.57 bits per heavy atom. The molecule has 144 valence electrons. The van der Waals surface area contributed by atoms with Gasteiger partial charge < -0.3 is 9.64 Å². The topological polar surface area (TPSA) is 49.9 Å². The first kappa shape index (κ1) is 18.4. The standard InChI is InChI=1S/C22H21FN2O3/c23-18-8-6-16(7-9-18)10-11-25-21(26)19(17-4-2-1-3-5-17)20(22(25)27)24-12-14-28-15-13-24/h1-9H,10-15H2. The molecule has 0 atom stereocenters. The van der Waals surface area contributed by atoms with Crippen molar-refractivity contribution in [2.75, 3.05) is 32.8 Å². The molecule has 28 heavy (non-hydrogen) atoms. The van der Waals surface area contributed by atoms with Crippen molar-refractivity contribution in [1.29, 1.82) is 0 Å². The zero-order valence-corrected chi connectivity index (χ0v) is 15.4. The minimum atomic E-state index is -0.306. The van der Waals surface area contributed by atoms with Crippen molar-refractivity contribution in [3.63, 3.8) is 0 Å². The Kier molecular flexibility index (Phi) is 5.21. The highest BCUT2D eigenvalue weighted by Gasteiger charge is 2.41. The van der Waals surface area contributed by atoms with Crippen molar-refractivity contribution < 1.29 is 18.7 Å². The predicted octanol–water partition coefficient (Wildman–Crippen LogP) is 2.48. The molecule has 1 saturated heterocycles. The lowest BCUT2D eigenvalue weighted by Crippen LogP contribution is -2.40. The van der Waals surface area contributed by atoms with Crippen LogP contribution in [0.2, 0.25) is 0 Å². The monoisotopic (exact) mass is 380 g/mol. The molecule has 2 heterocycles. The Morgan fingerprint density at radius 1 is 0.893 bits per heavy atom. The second-order valence-corrected chi connectivity index (χ2v) is 6.83. The van der Waals surface area contributed by atoms with Crippen molar-refractivity contribution in [3.8, 4) is 0 Å². The van der Waals surface area contributed by atoms with Gasteiger partial charge in [0, 0.05) is 19.6 Å². The van der Waals surface area contributed by atoms with Gasteiger partial charge >= 0.3 is 0 Å². The van der Waals surface area contributed by atoms with Crippen LogP contribution in [0.25, 0.3) is 5.57 Å². The van der Waals surface area contributed by atoms with E-state index in [2.05, 4.69) is 0 Å². The quantitative estimate of drug-likeness (QED) is 0.748. The number of benzene rings is 2. The molecule has 0 aliphatic carbocycles. The number of hydrogen-bond acceptors (Lipinski definition) is 4. The summed E-state index contributed by atoms with van der Waals surface area (Å²) in [5.74, 6) is -0.854. The minimum Gasteiger partial charge on any atom is -0.378 e. The van der Waals surface area contributed by atoms with E-state index in [1.54, 1.807) is 12.1 Å². The van der Waals surface area contributed by atoms with Crippen LogP contribution in [0.1, 0.15) is 11.1 Å². The van der Waals surface area contributed by atoms with Gasteiger partial charge in [-0.05, 0) is 29.7 Å². The molecule has 0 aromatic heterocycles. The molecule has 2 aromatic carbocycles. The summed E-state index contributed by atoms with van der Waals surface area (Å²) in [6.45, 7) is 2.48. The fourth-order valence-corrected chi connectivity index (χ4v) is 3.60. The third-order valence-electron chi connectivity index (χ3n) is 5.07. The molecule has 2 aliphatic heterocycles. The third kappa shape index (κ3) is 3.55. The SMILES string of the molecule is O=C1C(c2ccccc2)=C(N2CCOCC2)C(=O)N1CCc1ccc(F)cc1. The molecule has 6 heteroatoms. The number of carbonyl (C=O) groups is 2. The van der Waals surface area contributed by atoms with Gasteiger partial charge in [-0.1, -0.05) is 42.5 Å². The summed E-state index contributed by atoms with van der Waals surface area (Å²) in [5.41, 5.74) is 2.53. The number of rotatable bonds is 5.